The Morgan fingerprint density at radius 2 is 1.75 bits per heavy atom. The molecular formula is C19H19NO3S. The number of carbonyl (C=O) groups excluding carboxylic acids is 2. The summed E-state index contributed by atoms with van der Waals surface area (Å²) in [4.78, 5) is 24.7. The molecule has 0 bridgehead atoms. The second-order valence-corrected chi connectivity index (χ2v) is 5.95. The Kier molecular flexibility index (Phi) is 6.63. The van der Waals surface area contributed by atoms with Gasteiger partial charge in [0.15, 0.2) is 0 Å². The van der Waals surface area contributed by atoms with Crippen molar-refractivity contribution in [3.63, 3.8) is 0 Å². The Morgan fingerprint density at radius 3 is 2.33 bits per heavy atom. The van der Waals surface area contributed by atoms with Gasteiger partial charge in [0.1, 0.15) is 12.3 Å². The Labute approximate surface area is 145 Å². The van der Waals surface area contributed by atoms with Gasteiger partial charge in [0.05, 0.1) is 0 Å². The van der Waals surface area contributed by atoms with Crippen molar-refractivity contribution < 1.29 is 14.3 Å². The van der Waals surface area contributed by atoms with Crippen LogP contribution < -0.4 is 5.32 Å². The summed E-state index contributed by atoms with van der Waals surface area (Å²) < 4.78 is 5.31. The molecule has 0 aliphatic carbocycles. The van der Waals surface area contributed by atoms with E-state index in [4.69, 9.17) is 4.74 Å². The molecule has 0 fully saturated rings. The zero-order valence-electron chi connectivity index (χ0n) is 13.6. The number of thioether (sulfide) groups is 1. The Morgan fingerprint density at radius 1 is 1.08 bits per heavy atom. The minimum atomic E-state index is -0.567. The molecule has 0 heterocycles. The van der Waals surface area contributed by atoms with Crippen molar-refractivity contribution in [2.75, 3.05) is 6.26 Å². The van der Waals surface area contributed by atoms with Crippen LogP contribution in [0.3, 0.4) is 0 Å². The first-order chi connectivity index (χ1) is 11.6. The normalized spacial score (nSPS) is 11.0. The number of benzene rings is 2. The van der Waals surface area contributed by atoms with Gasteiger partial charge in [-0.25, -0.2) is 4.79 Å². The van der Waals surface area contributed by atoms with Crippen LogP contribution >= 0.6 is 11.8 Å². The van der Waals surface area contributed by atoms with Crippen molar-refractivity contribution in [1.82, 2.24) is 5.32 Å². The van der Waals surface area contributed by atoms with E-state index in [1.54, 1.807) is 17.8 Å². The van der Waals surface area contributed by atoms with E-state index in [1.807, 2.05) is 60.9 Å². The molecule has 0 saturated carbocycles. The van der Waals surface area contributed by atoms with E-state index < -0.39 is 5.97 Å². The van der Waals surface area contributed by atoms with Gasteiger partial charge in [-0.3, -0.25) is 4.79 Å². The zero-order chi connectivity index (χ0) is 17.4. The van der Waals surface area contributed by atoms with E-state index in [9.17, 15) is 9.59 Å². The maximum absolute atomic E-state index is 12.3. The molecule has 2 aromatic carbocycles. The number of esters is 1. The average molecular weight is 341 g/mol. The second kappa shape index (κ2) is 8.93. The molecule has 0 saturated heterocycles. The topological polar surface area (TPSA) is 55.4 Å². The number of hydrogen-bond acceptors (Lipinski definition) is 4. The standard InChI is InChI=1S/C19H19NO3S/c1-14(21)20-18(12-15-6-4-3-5-7-15)19(22)23-13-16-8-10-17(24-2)11-9-16/h3-12H,13H2,1-2H3,(H,20,21)/b18-12-. The zero-order valence-corrected chi connectivity index (χ0v) is 14.4. The SMILES string of the molecule is CSc1ccc(COC(=O)/C(=C/c2ccccc2)NC(C)=O)cc1. The van der Waals surface area contributed by atoms with Gasteiger partial charge in [-0.2, -0.15) is 0 Å². The third kappa shape index (κ3) is 5.59. The molecule has 0 aliphatic rings. The van der Waals surface area contributed by atoms with Crippen LogP contribution in [0.25, 0.3) is 6.08 Å². The highest BCUT2D eigenvalue weighted by Gasteiger charge is 2.13. The molecule has 4 nitrogen and oxygen atoms in total. The monoisotopic (exact) mass is 341 g/mol. The van der Waals surface area contributed by atoms with Crippen LogP contribution in [-0.2, 0) is 20.9 Å². The van der Waals surface area contributed by atoms with Crippen LogP contribution in [0.2, 0.25) is 0 Å². The molecule has 5 heteroatoms. The summed E-state index contributed by atoms with van der Waals surface area (Å²) in [6.07, 6.45) is 3.60. The largest absolute Gasteiger partial charge is 0.456 e. The fraction of sp³-hybridized carbons (Fsp3) is 0.158. The number of rotatable bonds is 6. The molecule has 0 unspecified atom stereocenters. The molecule has 0 aromatic heterocycles. The third-order valence-corrected chi connectivity index (χ3v) is 3.91. The lowest BCUT2D eigenvalue weighted by atomic mass is 10.2. The molecule has 2 aromatic rings. The molecule has 0 atom stereocenters. The van der Waals surface area contributed by atoms with Crippen molar-refractivity contribution in [3.05, 3.63) is 71.4 Å². The van der Waals surface area contributed by atoms with Crippen LogP contribution in [0.15, 0.2) is 65.2 Å². The highest BCUT2D eigenvalue weighted by molar-refractivity contribution is 7.98. The minimum Gasteiger partial charge on any atom is -0.456 e. The molecule has 124 valence electrons. The fourth-order valence-corrected chi connectivity index (χ4v) is 2.41. The summed E-state index contributed by atoms with van der Waals surface area (Å²) >= 11 is 1.65. The predicted octanol–water partition coefficient (Wildman–Crippen LogP) is 3.63. The molecular weight excluding hydrogens is 322 g/mol. The van der Waals surface area contributed by atoms with Crippen LogP contribution in [0, 0.1) is 0 Å². The third-order valence-electron chi connectivity index (χ3n) is 3.17. The highest BCUT2D eigenvalue weighted by Crippen LogP contribution is 2.15. The smallest absolute Gasteiger partial charge is 0.355 e. The van der Waals surface area contributed by atoms with Crippen molar-refractivity contribution in [2.24, 2.45) is 0 Å². The lowest BCUT2D eigenvalue weighted by Gasteiger charge is -2.09. The van der Waals surface area contributed by atoms with Gasteiger partial charge < -0.3 is 10.1 Å². The quantitative estimate of drug-likeness (QED) is 0.495. The molecule has 0 spiro atoms. The molecule has 1 N–H and O–H groups in total. The van der Waals surface area contributed by atoms with E-state index in [-0.39, 0.29) is 18.2 Å². The van der Waals surface area contributed by atoms with Crippen LogP contribution in [0.1, 0.15) is 18.1 Å². The first-order valence-electron chi connectivity index (χ1n) is 7.43. The molecule has 0 aliphatic heterocycles. The number of ether oxygens (including phenoxy) is 1. The van der Waals surface area contributed by atoms with Crippen molar-refractivity contribution in [2.45, 2.75) is 18.4 Å². The average Bonchev–Trinajstić information content (AvgIpc) is 2.60. The molecule has 2 rings (SSSR count). The Hall–Kier alpha value is -2.53. The van der Waals surface area contributed by atoms with Gasteiger partial charge in [0, 0.05) is 11.8 Å². The van der Waals surface area contributed by atoms with Crippen molar-refractivity contribution in [1.29, 1.82) is 0 Å². The van der Waals surface area contributed by atoms with Crippen LogP contribution in [-0.4, -0.2) is 18.1 Å². The minimum absolute atomic E-state index is 0.120. The van der Waals surface area contributed by atoms with E-state index >= 15 is 0 Å². The summed E-state index contributed by atoms with van der Waals surface area (Å²) in [6, 6.07) is 17.1. The first kappa shape index (κ1) is 17.8. The predicted molar refractivity (Wildman–Crippen MR) is 96.3 cm³/mol. The summed E-state index contributed by atoms with van der Waals surface area (Å²) in [5.74, 6) is -0.888. The van der Waals surface area contributed by atoms with Gasteiger partial charge in [0.25, 0.3) is 0 Å². The van der Waals surface area contributed by atoms with Crippen LogP contribution in [0.4, 0.5) is 0 Å². The summed E-state index contributed by atoms with van der Waals surface area (Å²) in [5.41, 5.74) is 1.82. The van der Waals surface area contributed by atoms with Gasteiger partial charge in [-0.05, 0) is 35.6 Å². The first-order valence-corrected chi connectivity index (χ1v) is 8.65. The lowest BCUT2D eigenvalue weighted by Crippen LogP contribution is -2.26. The van der Waals surface area contributed by atoms with E-state index in [1.165, 1.54) is 6.92 Å². The van der Waals surface area contributed by atoms with Gasteiger partial charge in [0.2, 0.25) is 5.91 Å². The number of carbonyl (C=O) groups is 2. The van der Waals surface area contributed by atoms with Gasteiger partial charge in [-0.15, -0.1) is 11.8 Å². The van der Waals surface area contributed by atoms with Crippen molar-refractivity contribution >= 4 is 29.7 Å². The van der Waals surface area contributed by atoms with Crippen molar-refractivity contribution in [3.8, 4) is 0 Å². The van der Waals surface area contributed by atoms with E-state index in [0.29, 0.717) is 0 Å². The highest BCUT2D eigenvalue weighted by atomic mass is 32.2. The molecule has 1 amide bonds. The maximum atomic E-state index is 12.3. The Balaban J connectivity index is 2.07. The fourth-order valence-electron chi connectivity index (χ4n) is 2.00. The summed E-state index contributed by atoms with van der Waals surface area (Å²) in [5, 5.41) is 2.53. The van der Waals surface area contributed by atoms with E-state index in [0.717, 1.165) is 16.0 Å². The summed E-state index contributed by atoms with van der Waals surface area (Å²) in [6.45, 7) is 1.51. The number of hydrogen-bond donors (Lipinski definition) is 1. The maximum Gasteiger partial charge on any atom is 0.355 e. The molecule has 24 heavy (non-hydrogen) atoms. The van der Waals surface area contributed by atoms with Gasteiger partial charge in [-0.1, -0.05) is 42.5 Å². The lowest BCUT2D eigenvalue weighted by molar-refractivity contribution is -0.141. The summed E-state index contributed by atoms with van der Waals surface area (Å²) in [7, 11) is 0. The molecule has 0 radical (unpaired) electrons. The second-order valence-electron chi connectivity index (χ2n) is 5.07. The van der Waals surface area contributed by atoms with Crippen LogP contribution in [0.5, 0.6) is 0 Å². The number of nitrogens with one attached hydrogen (secondary N) is 1. The van der Waals surface area contributed by atoms with E-state index in [2.05, 4.69) is 5.32 Å². The Bertz CT molecular complexity index is 724. The van der Waals surface area contributed by atoms with Gasteiger partial charge >= 0.3 is 5.97 Å². The number of amides is 1.